The maximum absolute atomic E-state index is 11.1. The van der Waals surface area contributed by atoms with Crippen LogP contribution in [0.5, 0.6) is 0 Å². The number of nitrogens with one attached hydrogen (secondary N) is 1. The first-order valence-electron chi connectivity index (χ1n) is 7.12. The molecular formula is C15H17N3O3. The minimum Gasteiger partial charge on any atom is -0.382 e. The average Bonchev–Trinajstić information content (AvgIpc) is 2.53. The highest BCUT2D eigenvalue weighted by atomic mass is 16.6. The quantitative estimate of drug-likeness (QED) is 0.690. The maximum Gasteiger partial charge on any atom is 0.277 e. The van der Waals surface area contributed by atoms with Crippen molar-refractivity contribution in [2.24, 2.45) is 0 Å². The lowest BCUT2D eigenvalue weighted by Gasteiger charge is -2.23. The number of ether oxygens (including phenoxy) is 1. The number of nitro groups is 1. The van der Waals surface area contributed by atoms with Gasteiger partial charge in [-0.05, 0) is 31.4 Å². The van der Waals surface area contributed by atoms with Crippen LogP contribution in [0, 0.1) is 10.1 Å². The molecule has 1 atom stereocenters. The zero-order chi connectivity index (χ0) is 14.7. The molecule has 2 heterocycles. The third-order valence-electron chi connectivity index (χ3n) is 3.79. The van der Waals surface area contributed by atoms with Crippen LogP contribution in [0.1, 0.15) is 19.3 Å². The molecule has 0 aliphatic carbocycles. The third-order valence-corrected chi connectivity index (χ3v) is 3.79. The fourth-order valence-corrected chi connectivity index (χ4v) is 2.68. The minimum atomic E-state index is -0.365. The number of rotatable bonds is 4. The molecule has 0 amide bonds. The molecule has 1 saturated heterocycles. The van der Waals surface area contributed by atoms with Crippen molar-refractivity contribution in [3.05, 3.63) is 40.7 Å². The standard InChI is InChI=1S/C15H17N3O3/c19-18(20)15-5-4-14(13-10-16-7-6-12(13)15)17-9-11-3-1-2-8-21-11/h4-7,10-11,17H,1-3,8-9H2. The van der Waals surface area contributed by atoms with Crippen molar-refractivity contribution >= 4 is 22.1 Å². The predicted octanol–water partition coefficient (Wildman–Crippen LogP) is 3.12. The van der Waals surface area contributed by atoms with E-state index in [0.29, 0.717) is 11.9 Å². The van der Waals surface area contributed by atoms with Gasteiger partial charge < -0.3 is 10.1 Å². The normalized spacial score (nSPS) is 18.6. The average molecular weight is 287 g/mol. The lowest BCUT2D eigenvalue weighted by molar-refractivity contribution is -0.383. The number of pyridine rings is 1. The van der Waals surface area contributed by atoms with Crippen LogP contribution in [0.3, 0.4) is 0 Å². The van der Waals surface area contributed by atoms with Gasteiger partial charge in [0.05, 0.1) is 16.4 Å². The summed E-state index contributed by atoms with van der Waals surface area (Å²) >= 11 is 0. The van der Waals surface area contributed by atoms with Crippen LogP contribution in [0.4, 0.5) is 11.4 Å². The van der Waals surface area contributed by atoms with Gasteiger partial charge in [0, 0.05) is 42.7 Å². The maximum atomic E-state index is 11.1. The molecule has 6 nitrogen and oxygen atoms in total. The van der Waals surface area contributed by atoms with Crippen LogP contribution < -0.4 is 5.32 Å². The number of fused-ring (bicyclic) bond motifs is 1. The Bertz CT molecular complexity index is 654. The van der Waals surface area contributed by atoms with E-state index in [0.717, 1.165) is 30.5 Å². The van der Waals surface area contributed by atoms with Crippen molar-refractivity contribution in [3.63, 3.8) is 0 Å². The van der Waals surface area contributed by atoms with Gasteiger partial charge in [0.2, 0.25) is 0 Å². The Morgan fingerprint density at radius 1 is 1.33 bits per heavy atom. The number of hydrogen-bond donors (Lipinski definition) is 1. The van der Waals surface area contributed by atoms with Crippen molar-refractivity contribution in [1.29, 1.82) is 0 Å². The van der Waals surface area contributed by atoms with Crippen molar-refractivity contribution in [1.82, 2.24) is 4.98 Å². The molecule has 1 aliphatic rings. The van der Waals surface area contributed by atoms with Gasteiger partial charge in [0.1, 0.15) is 0 Å². The van der Waals surface area contributed by atoms with Gasteiger partial charge in [-0.1, -0.05) is 0 Å². The van der Waals surface area contributed by atoms with Gasteiger partial charge in [0.15, 0.2) is 0 Å². The SMILES string of the molecule is O=[N+]([O-])c1ccc(NCC2CCCCO2)c2cnccc12. The first kappa shape index (κ1) is 13.8. The van der Waals surface area contributed by atoms with E-state index in [1.54, 1.807) is 24.5 Å². The monoisotopic (exact) mass is 287 g/mol. The van der Waals surface area contributed by atoms with Crippen molar-refractivity contribution < 1.29 is 9.66 Å². The molecule has 1 aliphatic heterocycles. The first-order valence-corrected chi connectivity index (χ1v) is 7.12. The second-order valence-corrected chi connectivity index (χ2v) is 5.18. The lowest BCUT2D eigenvalue weighted by Crippen LogP contribution is -2.27. The van der Waals surface area contributed by atoms with Gasteiger partial charge >= 0.3 is 0 Å². The van der Waals surface area contributed by atoms with E-state index in [1.807, 2.05) is 0 Å². The number of anilines is 1. The van der Waals surface area contributed by atoms with E-state index in [4.69, 9.17) is 4.74 Å². The number of hydrogen-bond acceptors (Lipinski definition) is 5. The van der Waals surface area contributed by atoms with Crippen LogP contribution in [0.15, 0.2) is 30.6 Å². The van der Waals surface area contributed by atoms with Gasteiger partial charge in [-0.15, -0.1) is 0 Å². The molecule has 1 aromatic carbocycles. The van der Waals surface area contributed by atoms with E-state index >= 15 is 0 Å². The van der Waals surface area contributed by atoms with Gasteiger partial charge in [-0.2, -0.15) is 0 Å². The van der Waals surface area contributed by atoms with Crippen molar-refractivity contribution in [2.75, 3.05) is 18.5 Å². The molecule has 1 fully saturated rings. The summed E-state index contributed by atoms with van der Waals surface area (Å²) < 4.78 is 5.69. The largest absolute Gasteiger partial charge is 0.382 e. The predicted molar refractivity (Wildman–Crippen MR) is 80.5 cm³/mol. The van der Waals surface area contributed by atoms with Gasteiger partial charge in [0.25, 0.3) is 5.69 Å². The second-order valence-electron chi connectivity index (χ2n) is 5.18. The van der Waals surface area contributed by atoms with E-state index in [1.165, 1.54) is 12.5 Å². The molecule has 1 unspecified atom stereocenters. The van der Waals surface area contributed by atoms with Crippen LogP contribution in [0.25, 0.3) is 10.8 Å². The Labute approximate surface area is 122 Å². The Hall–Kier alpha value is -2.21. The van der Waals surface area contributed by atoms with E-state index in [2.05, 4.69) is 10.3 Å². The summed E-state index contributed by atoms with van der Waals surface area (Å²) in [4.78, 5) is 14.8. The third kappa shape index (κ3) is 2.95. The Morgan fingerprint density at radius 3 is 3.00 bits per heavy atom. The lowest BCUT2D eigenvalue weighted by atomic mass is 10.1. The Balaban J connectivity index is 1.85. The van der Waals surface area contributed by atoms with Crippen LogP contribution in [0.2, 0.25) is 0 Å². The summed E-state index contributed by atoms with van der Waals surface area (Å²) in [5.74, 6) is 0. The summed E-state index contributed by atoms with van der Waals surface area (Å²) in [7, 11) is 0. The highest BCUT2D eigenvalue weighted by Gasteiger charge is 2.16. The molecule has 3 rings (SSSR count). The van der Waals surface area contributed by atoms with E-state index < -0.39 is 0 Å². The number of nitrogens with zero attached hydrogens (tertiary/aromatic N) is 2. The van der Waals surface area contributed by atoms with Crippen molar-refractivity contribution in [3.8, 4) is 0 Å². The number of benzene rings is 1. The topological polar surface area (TPSA) is 77.3 Å². The van der Waals surface area contributed by atoms with Crippen LogP contribution in [-0.2, 0) is 4.74 Å². The molecular weight excluding hydrogens is 270 g/mol. The smallest absolute Gasteiger partial charge is 0.277 e. The van der Waals surface area contributed by atoms with E-state index in [9.17, 15) is 10.1 Å². The molecule has 1 N–H and O–H groups in total. The molecule has 0 saturated carbocycles. The minimum absolute atomic E-state index is 0.104. The van der Waals surface area contributed by atoms with Gasteiger partial charge in [-0.25, -0.2) is 0 Å². The number of nitro benzene ring substituents is 1. The molecule has 6 heteroatoms. The highest BCUT2D eigenvalue weighted by Crippen LogP contribution is 2.30. The summed E-state index contributed by atoms with van der Waals surface area (Å²) in [6.45, 7) is 1.52. The summed E-state index contributed by atoms with van der Waals surface area (Å²) in [5, 5.41) is 15.8. The zero-order valence-electron chi connectivity index (χ0n) is 11.6. The Kier molecular flexibility index (Phi) is 3.96. The van der Waals surface area contributed by atoms with E-state index in [-0.39, 0.29) is 16.7 Å². The van der Waals surface area contributed by atoms with Crippen LogP contribution >= 0.6 is 0 Å². The summed E-state index contributed by atoms with van der Waals surface area (Å²) in [6.07, 6.45) is 6.81. The second kappa shape index (κ2) is 6.05. The molecule has 110 valence electrons. The molecule has 1 aromatic heterocycles. The highest BCUT2D eigenvalue weighted by molar-refractivity contribution is 5.99. The fourth-order valence-electron chi connectivity index (χ4n) is 2.68. The fraction of sp³-hybridized carbons (Fsp3) is 0.400. The summed E-state index contributed by atoms with van der Waals surface area (Å²) in [6, 6.07) is 4.95. The first-order chi connectivity index (χ1) is 10.3. The van der Waals surface area contributed by atoms with Gasteiger partial charge in [-0.3, -0.25) is 15.1 Å². The number of aromatic nitrogens is 1. The molecule has 0 radical (unpaired) electrons. The molecule has 2 aromatic rings. The molecule has 21 heavy (non-hydrogen) atoms. The molecule has 0 spiro atoms. The zero-order valence-corrected chi connectivity index (χ0v) is 11.6. The number of non-ortho nitro benzene ring substituents is 1. The molecule has 0 bridgehead atoms. The Morgan fingerprint density at radius 2 is 2.24 bits per heavy atom. The van der Waals surface area contributed by atoms with Crippen LogP contribution in [-0.4, -0.2) is 29.2 Å². The summed E-state index contributed by atoms with van der Waals surface area (Å²) in [5.41, 5.74) is 0.963. The van der Waals surface area contributed by atoms with Crippen molar-refractivity contribution in [2.45, 2.75) is 25.4 Å².